The van der Waals surface area contributed by atoms with Crippen LogP contribution in [0.5, 0.6) is 0 Å². The minimum absolute atomic E-state index is 0.150. The van der Waals surface area contributed by atoms with E-state index in [0.29, 0.717) is 6.04 Å². The Labute approximate surface area is 239 Å². The SMILES string of the molecule is CC(=O)O.CCP(CC)c1ccccc1Nc1ccnc2[nH]c(-c3ccc(N4CCC(N(C)C)CC4)cc3)cc12. The van der Waals surface area contributed by atoms with Gasteiger partial charge in [0, 0.05) is 54.7 Å². The van der Waals surface area contributed by atoms with Crippen molar-refractivity contribution >= 4 is 47.3 Å². The highest BCUT2D eigenvalue weighted by molar-refractivity contribution is 7.65. The lowest BCUT2D eigenvalue weighted by molar-refractivity contribution is -0.134. The summed E-state index contributed by atoms with van der Waals surface area (Å²) in [5, 5.41) is 13.7. The number of hydrogen-bond donors (Lipinski definition) is 3. The fourth-order valence-corrected chi connectivity index (χ4v) is 7.24. The Bertz CT molecular complexity index is 1390. The highest BCUT2D eigenvalue weighted by atomic mass is 31.1. The van der Waals surface area contributed by atoms with Crippen LogP contribution in [0, 0.1) is 0 Å². The molecule has 3 heterocycles. The van der Waals surface area contributed by atoms with Crippen LogP contribution < -0.4 is 15.5 Å². The number of carbonyl (C=O) groups is 1. The van der Waals surface area contributed by atoms with Crippen LogP contribution in [0.2, 0.25) is 0 Å². The lowest BCUT2D eigenvalue weighted by atomic mass is 10.0. The molecule has 2 aromatic carbocycles. The number of pyridine rings is 1. The summed E-state index contributed by atoms with van der Waals surface area (Å²) >= 11 is 0. The van der Waals surface area contributed by atoms with Crippen LogP contribution in [0.4, 0.5) is 17.1 Å². The summed E-state index contributed by atoms with van der Waals surface area (Å²) in [6, 6.07) is 22.8. The molecule has 3 N–H and O–H groups in total. The molecule has 212 valence electrons. The Balaban J connectivity index is 0.000000867. The largest absolute Gasteiger partial charge is 0.481 e. The molecule has 1 aliphatic rings. The van der Waals surface area contributed by atoms with Gasteiger partial charge in [-0.05, 0) is 80.5 Å². The van der Waals surface area contributed by atoms with E-state index < -0.39 is 5.97 Å². The molecule has 0 unspecified atom stereocenters. The van der Waals surface area contributed by atoms with E-state index in [0.717, 1.165) is 42.4 Å². The monoisotopic (exact) mass is 559 g/mol. The van der Waals surface area contributed by atoms with Crippen molar-refractivity contribution < 1.29 is 9.90 Å². The Morgan fingerprint density at radius 3 is 2.33 bits per heavy atom. The summed E-state index contributed by atoms with van der Waals surface area (Å²) in [5.74, 6) is -0.833. The number of anilines is 3. The van der Waals surface area contributed by atoms with Gasteiger partial charge in [-0.15, -0.1) is 0 Å². The van der Waals surface area contributed by atoms with Gasteiger partial charge in [0.05, 0.1) is 5.69 Å². The van der Waals surface area contributed by atoms with E-state index in [2.05, 4.69) is 114 Å². The summed E-state index contributed by atoms with van der Waals surface area (Å²) in [5.41, 5.74) is 6.82. The Morgan fingerprint density at radius 2 is 1.70 bits per heavy atom. The maximum atomic E-state index is 9.00. The van der Waals surface area contributed by atoms with Gasteiger partial charge in [0.1, 0.15) is 5.65 Å². The summed E-state index contributed by atoms with van der Waals surface area (Å²) in [7, 11) is 4.24. The molecule has 7 nitrogen and oxygen atoms in total. The molecule has 0 amide bonds. The smallest absolute Gasteiger partial charge is 0.300 e. The molecule has 1 aliphatic heterocycles. The van der Waals surface area contributed by atoms with Crippen LogP contribution in [0.25, 0.3) is 22.3 Å². The van der Waals surface area contributed by atoms with E-state index in [9.17, 15) is 0 Å². The van der Waals surface area contributed by atoms with Crippen LogP contribution in [-0.2, 0) is 4.79 Å². The van der Waals surface area contributed by atoms with E-state index in [1.165, 1.54) is 47.4 Å². The molecule has 2 aromatic heterocycles. The van der Waals surface area contributed by atoms with Crippen LogP contribution in [0.15, 0.2) is 66.9 Å². The average molecular weight is 560 g/mol. The molecule has 0 saturated carbocycles. The third kappa shape index (κ3) is 7.21. The molecule has 0 atom stereocenters. The first kappa shape index (κ1) is 29.6. The van der Waals surface area contributed by atoms with Gasteiger partial charge >= 0.3 is 0 Å². The number of para-hydroxylation sites is 1. The number of rotatable bonds is 8. The Hall–Kier alpha value is -3.41. The number of carboxylic acids is 1. The van der Waals surface area contributed by atoms with Crippen molar-refractivity contribution in [2.24, 2.45) is 0 Å². The number of aromatic amines is 1. The van der Waals surface area contributed by atoms with Gasteiger partial charge in [-0.1, -0.05) is 52.1 Å². The molecule has 40 heavy (non-hydrogen) atoms. The summed E-state index contributed by atoms with van der Waals surface area (Å²) in [6.07, 6.45) is 6.73. The van der Waals surface area contributed by atoms with Gasteiger partial charge in [0.2, 0.25) is 0 Å². The number of nitrogens with one attached hydrogen (secondary N) is 2. The number of benzene rings is 2. The van der Waals surface area contributed by atoms with E-state index in [4.69, 9.17) is 9.90 Å². The summed E-state index contributed by atoms with van der Waals surface area (Å²) < 4.78 is 0. The Morgan fingerprint density at radius 1 is 1.05 bits per heavy atom. The second-order valence-corrected chi connectivity index (χ2v) is 13.2. The fraction of sp³-hybridized carbons (Fsp3) is 0.375. The molecule has 1 fully saturated rings. The number of fused-ring (bicyclic) bond motifs is 1. The minimum atomic E-state index is -0.833. The average Bonchev–Trinajstić information content (AvgIpc) is 3.40. The van der Waals surface area contributed by atoms with Crippen molar-refractivity contribution in [3.63, 3.8) is 0 Å². The van der Waals surface area contributed by atoms with Crippen molar-refractivity contribution in [2.45, 2.75) is 39.7 Å². The number of hydrogen-bond acceptors (Lipinski definition) is 5. The van der Waals surface area contributed by atoms with Gasteiger partial charge < -0.3 is 25.2 Å². The summed E-state index contributed by atoms with van der Waals surface area (Å²) in [4.78, 5) is 22.0. The van der Waals surface area contributed by atoms with Crippen molar-refractivity contribution in [3.8, 4) is 11.3 Å². The number of aliphatic carboxylic acids is 1. The van der Waals surface area contributed by atoms with E-state index in [1.807, 2.05) is 6.20 Å². The first-order chi connectivity index (χ1) is 19.3. The summed E-state index contributed by atoms with van der Waals surface area (Å²) in [6.45, 7) is 7.92. The van der Waals surface area contributed by atoms with Gasteiger partial charge in [-0.25, -0.2) is 4.98 Å². The third-order valence-corrected chi connectivity index (χ3v) is 10.1. The van der Waals surface area contributed by atoms with Gasteiger partial charge in [-0.3, -0.25) is 4.79 Å². The second-order valence-electron chi connectivity index (χ2n) is 10.4. The zero-order chi connectivity index (χ0) is 28.6. The molecule has 1 saturated heterocycles. The molecule has 8 heteroatoms. The van der Waals surface area contributed by atoms with E-state index in [-0.39, 0.29) is 7.92 Å². The highest BCUT2D eigenvalue weighted by Crippen LogP contribution is 2.38. The molecule has 4 aromatic rings. The second kappa shape index (κ2) is 13.8. The quantitative estimate of drug-likeness (QED) is 0.207. The number of nitrogens with zero attached hydrogens (tertiary/aromatic N) is 3. The predicted molar refractivity (Wildman–Crippen MR) is 171 cm³/mol. The number of aromatic nitrogens is 2. The van der Waals surface area contributed by atoms with Crippen LogP contribution in [-0.4, -0.2) is 71.5 Å². The molecule has 0 aliphatic carbocycles. The van der Waals surface area contributed by atoms with E-state index >= 15 is 0 Å². The van der Waals surface area contributed by atoms with Crippen LogP contribution in [0.3, 0.4) is 0 Å². The molecule has 5 rings (SSSR count). The third-order valence-electron chi connectivity index (χ3n) is 7.55. The van der Waals surface area contributed by atoms with Gasteiger partial charge in [0.25, 0.3) is 5.97 Å². The van der Waals surface area contributed by atoms with Crippen molar-refractivity contribution in [2.75, 3.05) is 49.7 Å². The lowest BCUT2D eigenvalue weighted by Crippen LogP contribution is -2.41. The standard InChI is InChI=1S/C30H38N5P.C2H4O2/c1-5-36(6-2)29-10-8-7-9-27(29)32-26-15-18-31-30-25(26)21-28(33-30)22-11-13-24(14-12-22)35-19-16-23(17-20-35)34(3)4;1-2(3)4/h7-15,18,21,23H,5-6,16-17,19-20H2,1-4H3,(H2,31,32,33);1H3,(H,3,4). The normalized spacial score (nSPS) is 13.9. The lowest BCUT2D eigenvalue weighted by Gasteiger charge is -2.36. The van der Waals surface area contributed by atoms with Gasteiger partial charge in [-0.2, -0.15) is 0 Å². The van der Waals surface area contributed by atoms with E-state index in [1.54, 1.807) is 0 Å². The maximum absolute atomic E-state index is 9.00. The molecular weight excluding hydrogens is 517 g/mol. The zero-order valence-corrected chi connectivity index (χ0v) is 25.2. The number of H-pyrrole nitrogens is 1. The topological polar surface area (TPSA) is 84.5 Å². The van der Waals surface area contributed by atoms with Crippen LogP contribution >= 0.6 is 7.92 Å². The molecule has 0 radical (unpaired) electrons. The highest BCUT2D eigenvalue weighted by Gasteiger charge is 2.21. The fourth-order valence-electron chi connectivity index (χ4n) is 5.35. The minimum Gasteiger partial charge on any atom is -0.481 e. The Kier molecular flexibility index (Phi) is 10.2. The first-order valence-electron chi connectivity index (χ1n) is 14.1. The first-order valence-corrected chi connectivity index (χ1v) is 15.8. The molecule has 0 spiro atoms. The maximum Gasteiger partial charge on any atom is 0.300 e. The van der Waals surface area contributed by atoms with Gasteiger partial charge in [0.15, 0.2) is 0 Å². The van der Waals surface area contributed by atoms with Crippen molar-refractivity contribution in [3.05, 3.63) is 66.9 Å². The van der Waals surface area contributed by atoms with Crippen molar-refractivity contribution in [1.29, 1.82) is 0 Å². The number of carboxylic acid groups (broad SMARTS) is 1. The van der Waals surface area contributed by atoms with Crippen molar-refractivity contribution in [1.82, 2.24) is 14.9 Å². The molecular formula is C32H42N5O2P. The molecule has 0 bridgehead atoms. The van der Waals surface area contributed by atoms with Crippen LogP contribution in [0.1, 0.15) is 33.6 Å². The predicted octanol–water partition coefficient (Wildman–Crippen LogP) is 6.74. The number of piperidine rings is 1. The zero-order valence-electron chi connectivity index (χ0n) is 24.3.